The van der Waals surface area contributed by atoms with Crippen LogP contribution in [0.4, 0.5) is 0 Å². The Balaban J connectivity index is 1.46. The summed E-state index contributed by atoms with van der Waals surface area (Å²) in [5.41, 5.74) is 0. The van der Waals surface area contributed by atoms with Gasteiger partial charge in [-0.25, -0.2) is 0 Å². The molecule has 3 heterocycles. The molecule has 0 spiro atoms. The molecule has 3 aliphatic heterocycles. The molecule has 10 heteroatoms. The van der Waals surface area contributed by atoms with E-state index in [4.69, 9.17) is 0 Å². The summed E-state index contributed by atoms with van der Waals surface area (Å²) >= 11 is 0. The van der Waals surface area contributed by atoms with E-state index in [2.05, 4.69) is 53.2 Å². The van der Waals surface area contributed by atoms with Crippen LogP contribution in [0.15, 0.2) is 0 Å². The average molecular weight is 469 g/mol. The Morgan fingerprint density at radius 1 is 0.303 bits per heavy atom. The molecule has 0 aromatic carbocycles. The maximum atomic E-state index is 3.89. The van der Waals surface area contributed by atoms with Gasteiger partial charge >= 0.3 is 0 Å². The zero-order valence-electron chi connectivity index (χ0n) is 20.7. The van der Waals surface area contributed by atoms with Crippen molar-refractivity contribution in [2.75, 3.05) is 105 Å². The molecule has 0 saturated carbocycles. The second-order valence-corrected chi connectivity index (χ2v) is 9.58. The van der Waals surface area contributed by atoms with Gasteiger partial charge in [-0.15, -0.1) is 0 Å². The Hall–Kier alpha value is -0.400. The molecule has 0 bridgehead atoms. The highest BCUT2D eigenvalue weighted by Crippen LogP contribution is 2.04. The van der Waals surface area contributed by atoms with Gasteiger partial charge in [-0.1, -0.05) is 0 Å². The standard InChI is InChI=1S/C23H52N10/c1-4-30-20(22-18-28-12-10-25-8-9-26-14-16-32-22)2-6-24-7-3-21(31-5-1)23-19-29-13-11-27-15-17-33-23/h20-33H,1-19H2. The van der Waals surface area contributed by atoms with E-state index >= 15 is 0 Å². The summed E-state index contributed by atoms with van der Waals surface area (Å²) in [7, 11) is 0. The molecule has 0 amide bonds. The lowest BCUT2D eigenvalue weighted by Gasteiger charge is -2.32. The molecule has 3 rings (SSSR count). The lowest BCUT2D eigenvalue weighted by atomic mass is 10.0. The quantitative estimate of drug-likeness (QED) is 0.201. The van der Waals surface area contributed by atoms with Crippen LogP contribution in [0, 0.1) is 0 Å². The Bertz CT molecular complexity index is 433. The van der Waals surface area contributed by atoms with Crippen molar-refractivity contribution in [3.05, 3.63) is 0 Å². The van der Waals surface area contributed by atoms with Crippen LogP contribution < -0.4 is 53.2 Å². The van der Waals surface area contributed by atoms with E-state index in [0.717, 1.165) is 124 Å². The van der Waals surface area contributed by atoms with Gasteiger partial charge in [0.25, 0.3) is 0 Å². The topological polar surface area (TPSA) is 120 Å². The largest absolute Gasteiger partial charge is 0.317 e. The van der Waals surface area contributed by atoms with Crippen LogP contribution in [0.25, 0.3) is 0 Å². The molecular formula is C23H52N10. The highest BCUT2D eigenvalue weighted by molar-refractivity contribution is 4.88. The fraction of sp³-hybridized carbons (Fsp3) is 1.00. The summed E-state index contributed by atoms with van der Waals surface area (Å²) in [6.07, 6.45) is 3.47. The lowest BCUT2D eigenvalue weighted by molar-refractivity contribution is 0.309. The van der Waals surface area contributed by atoms with Crippen LogP contribution in [0.5, 0.6) is 0 Å². The monoisotopic (exact) mass is 468 g/mol. The van der Waals surface area contributed by atoms with Crippen LogP contribution in [0.1, 0.15) is 19.3 Å². The first-order valence-electron chi connectivity index (χ1n) is 13.6. The van der Waals surface area contributed by atoms with Gasteiger partial charge in [-0.2, -0.15) is 0 Å². The molecular weight excluding hydrogens is 416 g/mol. The first-order valence-corrected chi connectivity index (χ1v) is 13.6. The van der Waals surface area contributed by atoms with Crippen molar-refractivity contribution in [3.8, 4) is 0 Å². The Kier molecular flexibility index (Phi) is 14.8. The number of rotatable bonds is 2. The lowest BCUT2D eigenvalue weighted by Crippen LogP contribution is -2.57. The van der Waals surface area contributed by atoms with Gasteiger partial charge in [0.15, 0.2) is 0 Å². The van der Waals surface area contributed by atoms with Crippen molar-refractivity contribution in [3.63, 3.8) is 0 Å². The number of hydrogen-bond acceptors (Lipinski definition) is 10. The third kappa shape index (κ3) is 11.7. The summed E-state index contributed by atoms with van der Waals surface area (Å²) < 4.78 is 0. The van der Waals surface area contributed by atoms with Crippen LogP contribution in [0.2, 0.25) is 0 Å². The summed E-state index contributed by atoms with van der Waals surface area (Å²) in [4.78, 5) is 0. The minimum absolute atomic E-state index is 0.444. The second-order valence-electron chi connectivity index (χ2n) is 9.58. The van der Waals surface area contributed by atoms with Crippen LogP contribution in [-0.4, -0.2) is 129 Å². The number of nitrogens with one attached hydrogen (secondary N) is 10. The predicted octanol–water partition coefficient (Wildman–Crippen LogP) is -3.43. The molecule has 10 N–H and O–H groups in total. The van der Waals surface area contributed by atoms with Crippen molar-refractivity contribution in [1.29, 1.82) is 0 Å². The van der Waals surface area contributed by atoms with Gasteiger partial charge in [0.1, 0.15) is 0 Å². The zero-order chi connectivity index (χ0) is 22.8. The van der Waals surface area contributed by atoms with Crippen molar-refractivity contribution < 1.29 is 0 Å². The van der Waals surface area contributed by atoms with Crippen molar-refractivity contribution in [2.45, 2.75) is 43.4 Å². The van der Waals surface area contributed by atoms with Gasteiger partial charge in [0.05, 0.1) is 0 Å². The Morgan fingerprint density at radius 3 is 1.15 bits per heavy atom. The maximum absolute atomic E-state index is 3.89. The SMILES string of the molecule is C1CNC(C2CNCCNCCNCCN2)CCNCCC(C2CNCCNCCN2)NC1. The molecule has 4 atom stereocenters. The fourth-order valence-electron chi connectivity index (χ4n) is 5.02. The molecule has 3 aliphatic rings. The highest BCUT2D eigenvalue weighted by atomic mass is 15.1. The van der Waals surface area contributed by atoms with Gasteiger partial charge in [0.2, 0.25) is 0 Å². The normalized spacial score (nSPS) is 34.2. The summed E-state index contributed by atoms with van der Waals surface area (Å²) in [6.45, 7) is 16.6. The predicted molar refractivity (Wildman–Crippen MR) is 138 cm³/mol. The van der Waals surface area contributed by atoms with E-state index in [9.17, 15) is 0 Å². The molecule has 10 nitrogen and oxygen atoms in total. The minimum Gasteiger partial charge on any atom is -0.317 e. The van der Waals surface area contributed by atoms with E-state index in [0.29, 0.717) is 24.2 Å². The molecule has 0 aromatic heterocycles. The smallest absolute Gasteiger partial charge is 0.0347 e. The number of hydrogen-bond donors (Lipinski definition) is 10. The summed E-state index contributed by atoms with van der Waals surface area (Å²) in [5, 5.41) is 36.8. The van der Waals surface area contributed by atoms with E-state index in [-0.39, 0.29) is 0 Å². The molecule has 0 radical (unpaired) electrons. The van der Waals surface area contributed by atoms with E-state index in [1.807, 2.05) is 0 Å². The van der Waals surface area contributed by atoms with Gasteiger partial charge in [0, 0.05) is 103 Å². The third-order valence-electron chi connectivity index (χ3n) is 6.98. The van der Waals surface area contributed by atoms with Crippen LogP contribution in [-0.2, 0) is 0 Å². The van der Waals surface area contributed by atoms with Crippen molar-refractivity contribution in [1.82, 2.24) is 53.2 Å². The molecule has 3 saturated heterocycles. The average Bonchev–Trinajstić information content (AvgIpc) is 2.94. The third-order valence-corrected chi connectivity index (χ3v) is 6.98. The molecule has 194 valence electrons. The second kappa shape index (κ2) is 18.0. The van der Waals surface area contributed by atoms with Crippen LogP contribution in [0.3, 0.4) is 0 Å². The molecule has 33 heavy (non-hydrogen) atoms. The summed E-state index contributed by atoms with van der Waals surface area (Å²) in [5.74, 6) is 0. The first kappa shape index (κ1) is 27.2. The first-order chi connectivity index (χ1) is 16.4. The Morgan fingerprint density at radius 2 is 0.667 bits per heavy atom. The van der Waals surface area contributed by atoms with E-state index in [1.165, 1.54) is 0 Å². The summed E-state index contributed by atoms with van der Waals surface area (Å²) in [6, 6.07) is 1.89. The van der Waals surface area contributed by atoms with Crippen LogP contribution >= 0.6 is 0 Å². The highest BCUT2D eigenvalue weighted by Gasteiger charge is 2.23. The van der Waals surface area contributed by atoms with E-state index in [1.54, 1.807) is 0 Å². The van der Waals surface area contributed by atoms with Crippen molar-refractivity contribution in [2.24, 2.45) is 0 Å². The van der Waals surface area contributed by atoms with Gasteiger partial charge < -0.3 is 53.2 Å². The Labute approximate surface area is 201 Å². The van der Waals surface area contributed by atoms with Gasteiger partial charge in [-0.05, 0) is 45.4 Å². The molecule has 4 unspecified atom stereocenters. The molecule has 3 fully saturated rings. The zero-order valence-corrected chi connectivity index (χ0v) is 20.7. The van der Waals surface area contributed by atoms with Crippen molar-refractivity contribution >= 4 is 0 Å². The van der Waals surface area contributed by atoms with E-state index < -0.39 is 0 Å². The molecule has 0 aromatic rings. The maximum Gasteiger partial charge on any atom is 0.0347 e. The minimum atomic E-state index is 0.444. The molecule has 0 aliphatic carbocycles. The fourth-order valence-corrected chi connectivity index (χ4v) is 5.02. The van der Waals surface area contributed by atoms with Gasteiger partial charge in [-0.3, -0.25) is 0 Å².